The Bertz CT molecular complexity index is 1230. The summed E-state index contributed by atoms with van der Waals surface area (Å²) in [6, 6.07) is 13.8. The van der Waals surface area contributed by atoms with Crippen molar-refractivity contribution in [2.24, 2.45) is 0 Å². The summed E-state index contributed by atoms with van der Waals surface area (Å²) in [5.74, 6) is 1.27. The van der Waals surface area contributed by atoms with E-state index < -0.39 is 0 Å². The Kier molecular flexibility index (Phi) is 5.80. The molecule has 0 aliphatic carbocycles. The Hall–Kier alpha value is -2.97. The fourth-order valence-electron chi connectivity index (χ4n) is 4.08. The first kappa shape index (κ1) is 20.9. The van der Waals surface area contributed by atoms with Crippen LogP contribution in [-0.2, 0) is 0 Å². The third kappa shape index (κ3) is 3.84. The van der Waals surface area contributed by atoms with Crippen LogP contribution in [0.15, 0.2) is 47.8 Å². The summed E-state index contributed by atoms with van der Waals surface area (Å²) >= 11 is 3.14. The number of carbonyl (C=O) groups excluding carboxylic acids is 1. The highest BCUT2D eigenvalue weighted by Crippen LogP contribution is 2.37. The summed E-state index contributed by atoms with van der Waals surface area (Å²) < 4.78 is 11.9. The van der Waals surface area contributed by atoms with Crippen LogP contribution in [0.2, 0.25) is 0 Å². The lowest BCUT2D eigenvalue weighted by molar-refractivity contribution is 0.0606. The summed E-state index contributed by atoms with van der Waals surface area (Å²) in [5, 5.41) is 3.63. The Morgan fingerprint density at radius 1 is 1.06 bits per heavy atom. The van der Waals surface area contributed by atoms with Gasteiger partial charge in [0.05, 0.1) is 30.5 Å². The molecular formula is C24H23N3O3S2. The van der Waals surface area contributed by atoms with E-state index in [1.807, 2.05) is 46.7 Å². The molecule has 3 heterocycles. The summed E-state index contributed by atoms with van der Waals surface area (Å²) in [6.07, 6.45) is 3.02. The van der Waals surface area contributed by atoms with Crippen LogP contribution in [0.25, 0.3) is 20.8 Å². The first-order valence-corrected chi connectivity index (χ1v) is 12.2. The molecule has 0 N–H and O–H groups in total. The third-order valence-electron chi connectivity index (χ3n) is 5.71. The molecule has 5 rings (SSSR count). The molecule has 2 aromatic carbocycles. The maximum absolute atomic E-state index is 13.5. The van der Waals surface area contributed by atoms with E-state index >= 15 is 0 Å². The summed E-state index contributed by atoms with van der Waals surface area (Å²) in [4.78, 5) is 24.9. The summed E-state index contributed by atoms with van der Waals surface area (Å²) in [6.45, 7) is 0.725. The number of ether oxygens (including phenoxy) is 2. The van der Waals surface area contributed by atoms with Crippen LogP contribution in [0.4, 0.5) is 0 Å². The zero-order valence-electron chi connectivity index (χ0n) is 17.9. The lowest BCUT2D eigenvalue weighted by Crippen LogP contribution is -2.38. The van der Waals surface area contributed by atoms with Gasteiger partial charge >= 0.3 is 0 Å². The smallest absolute Gasteiger partial charge is 0.273 e. The molecule has 164 valence electrons. The molecule has 1 saturated heterocycles. The first-order valence-electron chi connectivity index (χ1n) is 10.5. The number of aromatic nitrogens is 2. The van der Waals surface area contributed by atoms with Gasteiger partial charge in [-0.05, 0) is 49.6 Å². The number of para-hydroxylation sites is 1. The molecule has 2 aromatic heterocycles. The Labute approximate surface area is 194 Å². The van der Waals surface area contributed by atoms with Gasteiger partial charge in [0.1, 0.15) is 15.7 Å². The largest absolute Gasteiger partial charge is 0.493 e. The fraction of sp³-hybridized carbons (Fsp3) is 0.292. The SMILES string of the molecule is COc1ccc(-c2nc(C(=O)N3CCCC[C@@H]3c3nc4ccccc4s3)cs2)cc1OC. The number of thiazole rings is 2. The molecule has 0 spiro atoms. The minimum Gasteiger partial charge on any atom is -0.493 e. The highest BCUT2D eigenvalue weighted by atomic mass is 32.1. The van der Waals surface area contributed by atoms with Gasteiger partial charge in [-0.2, -0.15) is 0 Å². The molecule has 32 heavy (non-hydrogen) atoms. The fourth-order valence-corrected chi connectivity index (χ4v) is 5.99. The molecule has 0 unspecified atom stereocenters. The van der Waals surface area contributed by atoms with E-state index in [2.05, 4.69) is 11.1 Å². The van der Waals surface area contributed by atoms with E-state index in [4.69, 9.17) is 14.5 Å². The topological polar surface area (TPSA) is 64.5 Å². The van der Waals surface area contributed by atoms with Crippen LogP contribution >= 0.6 is 22.7 Å². The number of rotatable bonds is 5. The molecule has 1 atom stereocenters. The quantitative estimate of drug-likeness (QED) is 0.372. The van der Waals surface area contributed by atoms with Crippen LogP contribution in [-0.4, -0.2) is 41.5 Å². The van der Waals surface area contributed by atoms with E-state index in [0.29, 0.717) is 17.2 Å². The molecule has 0 radical (unpaired) electrons. The second kappa shape index (κ2) is 8.88. The maximum atomic E-state index is 13.5. The van der Waals surface area contributed by atoms with Gasteiger partial charge in [0.25, 0.3) is 5.91 Å². The summed E-state index contributed by atoms with van der Waals surface area (Å²) in [7, 11) is 3.22. The molecule has 6 nitrogen and oxygen atoms in total. The highest BCUT2D eigenvalue weighted by Gasteiger charge is 2.32. The first-order chi connectivity index (χ1) is 15.7. The van der Waals surface area contributed by atoms with Crippen molar-refractivity contribution in [1.29, 1.82) is 0 Å². The molecule has 1 aliphatic rings. The normalized spacial score (nSPS) is 16.3. The van der Waals surface area contributed by atoms with Gasteiger partial charge in [0.15, 0.2) is 11.5 Å². The number of fused-ring (bicyclic) bond motifs is 1. The van der Waals surface area contributed by atoms with Crippen molar-refractivity contribution in [2.75, 3.05) is 20.8 Å². The van der Waals surface area contributed by atoms with Gasteiger partial charge in [0.2, 0.25) is 0 Å². The van der Waals surface area contributed by atoms with Gasteiger partial charge in [-0.1, -0.05) is 12.1 Å². The lowest BCUT2D eigenvalue weighted by Gasteiger charge is -2.34. The number of hydrogen-bond donors (Lipinski definition) is 0. The van der Waals surface area contributed by atoms with Crippen LogP contribution in [0.5, 0.6) is 11.5 Å². The van der Waals surface area contributed by atoms with Gasteiger partial charge in [0, 0.05) is 17.5 Å². The minimum absolute atomic E-state index is 0.000111. The van der Waals surface area contributed by atoms with Crippen molar-refractivity contribution >= 4 is 38.8 Å². The molecule has 1 fully saturated rings. The number of amides is 1. The molecule has 1 amide bonds. The van der Waals surface area contributed by atoms with Gasteiger partial charge in [-0.3, -0.25) is 4.79 Å². The van der Waals surface area contributed by atoms with Crippen LogP contribution in [0.3, 0.4) is 0 Å². The second-order valence-corrected chi connectivity index (χ2v) is 9.56. The van der Waals surface area contributed by atoms with E-state index in [9.17, 15) is 4.79 Å². The zero-order valence-corrected chi connectivity index (χ0v) is 19.5. The highest BCUT2D eigenvalue weighted by molar-refractivity contribution is 7.18. The molecule has 8 heteroatoms. The molecular weight excluding hydrogens is 442 g/mol. The number of carbonyl (C=O) groups is 1. The van der Waals surface area contributed by atoms with Crippen molar-refractivity contribution in [3.8, 4) is 22.1 Å². The number of benzene rings is 2. The monoisotopic (exact) mass is 465 g/mol. The van der Waals surface area contributed by atoms with E-state index in [1.165, 1.54) is 11.3 Å². The van der Waals surface area contributed by atoms with Crippen LogP contribution in [0, 0.1) is 0 Å². The van der Waals surface area contributed by atoms with Crippen LogP contribution < -0.4 is 9.47 Å². The number of nitrogens with zero attached hydrogens (tertiary/aromatic N) is 3. The number of methoxy groups -OCH3 is 2. The molecule has 4 aromatic rings. The van der Waals surface area contributed by atoms with Crippen molar-refractivity contribution in [2.45, 2.75) is 25.3 Å². The number of piperidine rings is 1. The van der Waals surface area contributed by atoms with Crippen molar-refractivity contribution in [3.05, 3.63) is 58.5 Å². The predicted molar refractivity (Wildman–Crippen MR) is 128 cm³/mol. The van der Waals surface area contributed by atoms with Crippen LogP contribution in [0.1, 0.15) is 40.8 Å². The average molecular weight is 466 g/mol. The van der Waals surface area contributed by atoms with E-state index in [-0.39, 0.29) is 11.9 Å². The van der Waals surface area contributed by atoms with Gasteiger partial charge < -0.3 is 14.4 Å². The lowest BCUT2D eigenvalue weighted by atomic mass is 10.0. The Morgan fingerprint density at radius 2 is 1.91 bits per heavy atom. The molecule has 0 saturated carbocycles. The van der Waals surface area contributed by atoms with Gasteiger partial charge in [-0.15, -0.1) is 22.7 Å². The maximum Gasteiger partial charge on any atom is 0.273 e. The van der Waals surface area contributed by atoms with Crippen molar-refractivity contribution < 1.29 is 14.3 Å². The molecule has 1 aliphatic heterocycles. The molecule has 0 bridgehead atoms. The average Bonchev–Trinajstić information content (AvgIpc) is 3.51. The van der Waals surface area contributed by atoms with Crippen molar-refractivity contribution in [1.82, 2.24) is 14.9 Å². The minimum atomic E-state index is -0.0306. The predicted octanol–water partition coefficient (Wildman–Crippen LogP) is 5.80. The van der Waals surface area contributed by atoms with E-state index in [0.717, 1.165) is 51.6 Å². The zero-order chi connectivity index (χ0) is 22.1. The second-order valence-electron chi connectivity index (χ2n) is 7.64. The number of likely N-dealkylation sites (tertiary alicyclic amines) is 1. The standard InChI is InChI=1S/C24H23N3O3S2/c1-29-19-11-10-15(13-20(19)30-2)22-26-17(14-31-22)24(28)27-12-6-5-8-18(27)23-25-16-7-3-4-9-21(16)32-23/h3-4,7,9-11,13-14,18H,5-6,8,12H2,1-2H3/t18-/m1/s1. The Balaban J connectivity index is 1.42. The summed E-state index contributed by atoms with van der Waals surface area (Å²) in [5.41, 5.74) is 2.37. The number of hydrogen-bond acceptors (Lipinski definition) is 7. The van der Waals surface area contributed by atoms with E-state index in [1.54, 1.807) is 25.6 Å². The van der Waals surface area contributed by atoms with Crippen molar-refractivity contribution in [3.63, 3.8) is 0 Å². The Morgan fingerprint density at radius 3 is 2.72 bits per heavy atom. The third-order valence-corrected chi connectivity index (χ3v) is 7.74. The van der Waals surface area contributed by atoms with Gasteiger partial charge in [-0.25, -0.2) is 9.97 Å².